The van der Waals surface area contributed by atoms with Crippen LogP contribution in [0.15, 0.2) is 0 Å². The number of rotatable bonds is 1. The van der Waals surface area contributed by atoms with Crippen LogP contribution in [0.3, 0.4) is 0 Å². The van der Waals surface area contributed by atoms with Crippen LogP contribution in [0.2, 0.25) is 0 Å². The van der Waals surface area contributed by atoms with Crippen molar-refractivity contribution in [1.82, 2.24) is 0 Å². The summed E-state index contributed by atoms with van der Waals surface area (Å²) in [5, 5.41) is 0. The van der Waals surface area contributed by atoms with E-state index in [4.69, 9.17) is 6.42 Å². The maximum atomic E-state index is 11.0. The number of methoxy groups -OCH3 is 1. The van der Waals surface area contributed by atoms with Crippen molar-refractivity contribution in [1.29, 1.82) is 0 Å². The summed E-state index contributed by atoms with van der Waals surface area (Å²) in [7, 11) is 1.37. The zero-order valence-electron chi connectivity index (χ0n) is 6.18. The van der Waals surface area contributed by atoms with Gasteiger partial charge in [0.1, 0.15) is 5.41 Å². The maximum Gasteiger partial charge on any atom is 0.324 e. The number of hydrogen-bond donors (Lipinski definition) is 0. The van der Waals surface area contributed by atoms with Crippen LogP contribution in [-0.2, 0) is 9.53 Å². The Labute approximate surface area is 60.6 Å². The monoisotopic (exact) mass is 138 g/mol. The van der Waals surface area contributed by atoms with Crippen LogP contribution in [0.5, 0.6) is 0 Å². The molecule has 0 amide bonds. The van der Waals surface area contributed by atoms with Crippen molar-refractivity contribution in [3.8, 4) is 12.3 Å². The third-order valence-corrected chi connectivity index (χ3v) is 2.12. The van der Waals surface area contributed by atoms with E-state index in [-0.39, 0.29) is 5.97 Å². The number of ether oxygens (including phenoxy) is 1. The van der Waals surface area contributed by atoms with Crippen LogP contribution in [-0.4, -0.2) is 13.1 Å². The molecule has 2 unspecified atom stereocenters. The predicted octanol–water partition coefficient (Wildman–Crippen LogP) is 0.819. The number of hydrogen-bond acceptors (Lipinski definition) is 2. The highest BCUT2D eigenvalue weighted by atomic mass is 16.5. The first-order valence-corrected chi connectivity index (χ1v) is 3.23. The molecule has 0 aromatic rings. The lowest BCUT2D eigenvalue weighted by molar-refractivity contribution is -0.145. The molecule has 2 heteroatoms. The zero-order chi connectivity index (χ0) is 7.78. The summed E-state index contributed by atoms with van der Waals surface area (Å²) < 4.78 is 4.56. The van der Waals surface area contributed by atoms with E-state index in [1.54, 1.807) is 0 Å². The minimum absolute atomic E-state index is 0.262. The van der Waals surface area contributed by atoms with Gasteiger partial charge in [0.15, 0.2) is 0 Å². The molecule has 0 N–H and O–H groups in total. The molecule has 0 radical (unpaired) electrons. The lowest BCUT2D eigenvalue weighted by Crippen LogP contribution is -2.17. The summed E-state index contributed by atoms with van der Waals surface area (Å²) in [6.45, 7) is 1.96. The fraction of sp³-hybridized carbons (Fsp3) is 0.625. The lowest BCUT2D eigenvalue weighted by Gasteiger charge is -2.03. The third kappa shape index (κ3) is 0.706. The maximum absolute atomic E-state index is 11.0. The van der Waals surface area contributed by atoms with E-state index in [0.717, 1.165) is 6.42 Å². The Balaban J connectivity index is 2.72. The summed E-state index contributed by atoms with van der Waals surface area (Å²) in [6.07, 6.45) is 5.96. The van der Waals surface area contributed by atoms with E-state index < -0.39 is 5.41 Å². The van der Waals surface area contributed by atoms with Crippen molar-refractivity contribution in [2.45, 2.75) is 13.3 Å². The normalized spacial score (nSPS) is 36.3. The van der Waals surface area contributed by atoms with Crippen LogP contribution < -0.4 is 0 Å². The lowest BCUT2D eigenvalue weighted by atomic mass is 10.1. The predicted molar refractivity (Wildman–Crippen MR) is 37.1 cm³/mol. The standard InChI is InChI=1S/C8H10O2/c1-4-8(5-6(8)2)7(9)10-3/h1,6H,5H2,2-3H3. The van der Waals surface area contributed by atoms with Crippen molar-refractivity contribution < 1.29 is 9.53 Å². The van der Waals surface area contributed by atoms with Crippen LogP contribution in [0.25, 0.3) is 0 Å². The highest BCUT2D eigenvalue weighted by molar-refractivity contribution is 5.84. The molecule has 0 spiro atoms. The molecule has 0 heterocycles. The Hall–Kier alpha value is -0.970. The second-order valence-electron chi connectivity index (χ2n) is 2.71. The molecule has 0 aliphatic heterocycles. The van der Waals surface area contributed by atoms with Gasteiger partial charge >= 0.3 is 5.97 Å². The van der Waals surface area contributed by atoms with Gasteiger partial charge in [0.05, 0.1) is 7.11 Å². The van der Waals surface area contributed by atoms with Gasteiger partial charge in [-0.3, -0.25) is 4.79 Å². The van der Waals surface area contributed by atoms with Gasteiger partial charge in [0.25, 0.3) is 0 Å². The molecule has 2 nitrogen and oxygen atoms in total. The van der Waals surface area contributed by atoms with Gasteiger partial charge in [-0.2, -0.15) is 0 Å². The number of carbonyl (C=O) groups excluding carboxylic acids is 1. The average molecular weight is 138 g/mol. The molecule has 1 saturated carbocycles. The number of terminal acetylenes is 1. The first-order valence-electron chi connectivity index (χ1n) is 3.23. The van der Waals surface area contributed by atoms with Crippen molar-refractivity contribution in [3.05, 3.63) is 0 Å². The van der Waals surface area contributed by atoms with Gasteiger partial charge < -0.3 is 4.74 Å². The molecule has 0 aromatic carbocycles. The SMILES string of the molecule is C#CC1(C(=O)OC)CC1C. The molecular weight excluding hydrogens is 128 g/mol. The third-order valence-electron chi connectivity index (χ3n) is 2.12. The molecule has 0 bridgehead atoms. The van der Waals surface area contributed by atoms with E-state index in [0.29, 0.717) is 5.92 Å². The molecule has 54 valence electrons. The van der Waals surface area contributed by atoms with Gasteiger partial charge in [-0.05, 0) is 12.3 Å². The zero-order valence-corrected chi connectivity index (χ0v) is 6.18. The number of carbonyl (C=O) groups is 1. The average Bonchev–Trinajstić information content (AvgIpc) is 2.61. The van der Waals surface area contributed by atoms with E-state index in [9.17, 15) is 4.79 Å². The molecular formula is C8H10O2. The Bertz CT molecular complexity index is 202. The van der Waals surface area contributed by atoms with Gasteiger partial charge in [-0.25, -0.2) is 0 Å². The molecule has 2 atom stereocenters. The van der Waals surface area contributed by atoms with Crippen LogP contribution in [0.1, 0.15) is 13.3 Å². The highest BCUT2D eigenvalue weighted by Gasteiger charge is 2.57. The summed E-state index contributed by atoms with van der Waals surface area (Å²) >= 11 is 0. The van der Waals surface area contributed by atoms with Gasteiger partial charge in [0.2, 0.25) is 0 Å². The molecule has 1 aliphatic carbocycles. The second-order valence-corrected chi connectivity index (χ2v) is 2.71. The summed E-state index contributed by atoms with van der Waals surface area (Å²) in [4.78, 5) is 11.0. The molecule has 0 aromatic heterocycles. The van der Waals surface area contributed by atoms with Crippen molar-refractivity contribution in [2.24, 2.45) is 11.3 Å². The smallest absolute Gasteiger partial charge is 0.324 e. The van der Waals surface area contributed by atoms with Crippen molar-refractivity contribution >= 4 is 5.97 Å². The van der Waals surface area contributed by atoms with Gasteiger partial charge in [-0.1, -0.05) is 12.8 Å². The van der Waals surface area contributed by atoms with Crippen LogP contribution in [0.4, 0.5) is 0 Å². The molecule has 1 rings (SSSR count). The topological polar surface area (TPSA) is 26.3 Å². The molecule has 0 saturated heterocycles. The minimum atomic E-state index is -0.575. The Kier molecular flexibility index (Phi) is 1.44. The first-order chi connectivity index (χ1) is 4.67. The largest absolute Gasteiger partial charge is 0.468 e. The van der Waals surface area contributed by atoms with Crippen LogP contribution >= 0.6 is 0 Å². The fourth-order valence-corrected chi connectivity index (χ4v) is 1.15. The van der Waals surface area contributed by atoms with E-state index in [1.807, 2.05) is 6.92 Å². The van der Waals surface area contributed by atoms with E-state index >= 15 is 0 Å². The Morgan fingerprint density at radius 3 is 2.50 bits per heavy atom. The molecule has 1 aliphatic rings. The van der Waals surface area contributed by atoms with Crippen molar-refractivity contribution in [3.63, 3.8) is 0 Å². The second kappa shape index (κ2) is 2.02. The van der Waals surface area contributed by atoms with E-state index in [1.165, 1.54) is 7.11 Å². The van der Waals surface area contributed by atoms with E-state index in [2.05, 4.69) is 10.7 Å². The summed E-state index contributed by atoms with van der Waals surface area (Å²) in [5.74, 6) is 2.51. The Morgan fingerprint density at radius 2 is 2.40 bits per heavy atom. The van der Waals surface area contributed by atoms with Gasteiger partial charge in [0, 0.05) is 0 Å². The summed E-state index contributed by atoms with van der Waals surface area (Å²) in [6, 6.07) is 0. The fourth-order valence-electron chi connectivity index (χ4n) is 1.15. The van der Waals surface area contributed by atoms with Crippen LogP contribution in [0, 0.1) is 23.7 Å². The summed E-state index contributed by atoms with van der Waals surface area (Å²) in [5.41, 5.74) is -0.575. The Morgan fingerprint density at radius 1 is 1.90 bits per heavy atom. The first kappa shape index (κ1) is 7.14. The molecule has 10 heavy (non-hydrogen) atoms. The molecule has 1 fully saturated rings. The minimum Gasteiger partial charge on any atom is -0.468 e. The quantitative estimate of drug-likeness (QED) is 0.396. The highest BCUT2D eigenvalue weighted by Crippen LogP contribution is 2.52. The van der Waals surface area contributed by atoms with Gasteiger partial charge in [-0.15, -0.1) is 6.42 Å². The number of esters is 1. The van der Waals surface area contributed by atoms with Crippen molar-refractivity contribution in [2.75, 3.05) is 7.11 Å².